The van der Waals surface area contributed by atoms with Gasteiger partial charge >= 0.3 is 30.0 Å². The number of nitrogens with zero attached hydrogens (tertiary/aromatic N) is 1. The maximum absolute atomic E-state index is 13.4. The highest BCUT2D eigenvalue weighted by atomic mass is 35.5. The molecule has 0 aliphatic heterocycles. The van der Waals surface area contributed by atoms with Crippen molar-refractivity contribution in [3.8, 4) is 45.4 Å². The van der Waals surface area contributed by atoms with E-state index < -0.39 is 58.6 Å². The molecule has 3 heterocycles. The van der Waals surface area contributed by atoms with Gasteiger partial charge in [-0.25, -0.2) is 37.1 Å². The van der Waals surface area contributed by atoms with Gasteiger partial charge < -0.3 is 35.7 Å². The smallest absolute Gasteiger partial charge is 0.342 e. The van der Waals surface area contributed by atoms with E-state index in [2.05, 4.69) is 26.0 Å². The molecule has 0 aliphatic rings. The van der Waals surface area contributed by atoms with Crippen LogP contribution in [0.3, 0.4) is 0 Å². The second-order valence-electron chi connectivity index (χ2n) is 19.8. The number of nitriles is 1. The number of carboxylic acid groups (broad SMARTS) is 1. The lowest BCUT2D eigenvalue weighted by Gasteiger charge is -2.20. The molecule has 0 fully saturated rings. The monoisotopic (exact) mass is 1280 g/mol. The molecule has 0 spiro atoms. The molecule has 0 saturated heterocycles. The first-order chi connectivity index (χ1) is 40.7. The number of rotatable bonds is 11. The topological polar surface area (TPSA) is 231 Å². The molecule has 0 aliphatic carbocycles. The molecular weight excluding hydrogens is 1230 g/mol. The van der Waals surface area contributed by atoms with Gasteiger partial charge in [0, 0.05) is 65.3 Å². The third-order valence-corrected chi connectivity index (χ3v) is 14.2. The number of benzene rings is 6. The molecule has 0 atom stereocenters. The van der Waals surface area contributed by atoms with Crippen LogP contribution in [-0.4, -0.2) is 46.3 Å². The molecular formula is C62H52Cl3F3N6O9S3. The minimum atomic E-state index is -1.17. The van der Waals surface area contributed by atoms with Crippen molar-refractivity contribution in [3.63, 3.8) is 0 Å². The lowest BCUT2D eigenvalue weighted by molar-refractivity contribution is 0.00594. The predicted molar refractivity (Wildman–Crippen MR) is 337 cm³/mol. The number of hydrogen-bond donors (Lipinski definition) is 6. The van der Waals surface area contributed by atoms with Gasteiger partial charge in [0.2, 0.25) is 0 Å². The van der Waals surface area contributed by atoms with Crippen molar-refractivity contribution in [2.45, 2.75) is 52.7 Å². The fourth-order valence-corrected chi connectivity index (χ4v) is 10.4. The number of carbonyl (C=O) groups is 5. The molecule has 15 nitrogen and oxygen atoms in total. The molecule has 6 aromatic carbocycles. The van der Waals surface area contributed by atoms with Crippen LogP contribution in [0.25, 0.3) is 33.4 Å². The zero-order valence-corrected chi connectivity index (χ0v) is 51.0. The van der Waals surface area contributed by atoms with Crippen molar-refractivity contribution in [2.75, 3.05) is 27.0 Å². The summed E-state index contributed by atoms with van der Waals surface area (Å²) < 4.78 is 54.1. The normalized spacial score (nSPS) is 10.6. The van der Waals surface area contributed by atoms with Gasteiger partial charge in [-0.3, -0.25) is 10.6 Å². The summed E-state index contributed by atoms with van der Waals surface area (Å²) in [5, 5.41) is 35.7. The number of halogens is 6. The molecule has 444 valence electrons. The van der Waals surface area contributed by atoms with Crippen molar-refractivity contribution in [1.82, 2.24) is 0 Å². The van der Waals surface area contributed by atoms with Crippen molar-refractivity contribution in [2.24, 2.45) is 0 Å². The van der Waals surface area contributed by atoms with E-state index in [0.29, 0.717) is 53.0 Å². The van der Waals surface area contributed by atoms with Crippen LogP contribution in [0.2, 0.25) is 15.1 Å². The summed E-state index contributed by atoms with van der Waals surface area (Å²) in [6, 6.07) is 36.1. The summed E-state index contributed by atoms with van der Waals surface area (Å²) in [6.07, 6.45) is 1.44. The van der Waals surface area contributed by atoms with E-state index in [4.69, 9.17) is 55.3 Å². The highest BCUT2D eigenvalue weighted by Crippen LogP contribution is 2.39. The van der Waals surface area contributed by atoms with Crippen LogP contribution in [0, 0.1) is 29.0 Å². The molecule has 86 heavy (non-hydrogen) atoms. The van der Waals surface area contributed by atoms with Gasteiger partial charge in [0.1, 0.15) is 66.1 Å². The van der Waals surface area contributed by atoms with E-state index >= 15 is 0 Å². The quantitative estimate of drug-likeness (QED) is 0.0527. The summed E-state index contributed by atoms with van der Waals surface area (Å²) in [5.74, 6) is -3.28. The fraction of sp³-hybridized carbons (Fsp3) is 0.129. The first-order valence-electron chi connectivity index (χ1n) is 25.2. The second kappa shape index (κ2) is 30.3. The van der Waals surface area contributed by atoms with E-state index in [0.717, 1.165) is 40.2 Å². The first-order valence-corrected chi connectivity index (χ1v) is 29.0. The first kappa shape index (κ1) is 66.3. The van der Waals surface area contributed by atoms with Crippen LogP contribution in [0.4, 0.5) is 49.1 Å². The van der Waals surface area contributed by atoms with Crippen LogP contribution >= 0.6 is 68.8 Å². The average Bonchev–Trinajstić information content (AvgIpc) is 2.89. The van der Waals surface area contributed by atoms with Gasteiger partial charge in [0.15, 0.2) is 0 Å². The lowest BCUT2D eigenvalue weighted by Crippen LogP contribution is -2.25. The van der Waals surface area contributed by atoms with Gasteiger partial charge in [-0.15, -0.1) is 39.3 Å². The van der Waals surface area contributed by atoms with Crippen molar-refractivity contribution in [1.29, 1.82) is 5.26 Å². The Morgan fingerprint density at radius 3 is 1.26 bits per heavy atom. The van der Waals surface area contributed by atoms with Crippen LogP contribution in [-0.2, 0) is 9.47 Å². The molecule has 3 aromatic heterocycles. The minimum absolute atomic E-state index is 0.0216. The number of urea groups is 2. The van der Waals surface area contributed by atoms with Gasteiger partial charge in [-0.2, -0.15) is 0 Å². The standard InChI is InChI=1S/C22H20ClFN2O3S.C18H12ClFN2O3S.C15H16ClNO2S.C7H4FNO/c1-22(2,3)29-20(27)18-17(13-7-9-14(23)10-8-13)12-30-19(18)26-21(28)25-16-6-4-5-15(24)11-16;19-11-6-4-10(5-7-11)14-9-26-16(15(14)17(23)24)22-18(25)21-13-3-1-2-12(20)8-13;1-15(2,3)19-14(18)12-11(8-20-13(12)17)9-4-6-10(16)7-5-9;8-6-2-1-3-7(4-6)10-5-9/h4-12H,1-3H3,(H2,25,26,28);1-9H,(H,23,24)(H2,21,22,25);4-8H,17H2,1-3H3;1-4H. The van der Waals surface area contributed by atoms with Gasteiger partial charge in [-0.1, -0.05) is 89.4 Å². The third-order valence-electron chi connectivity index (χ3n) is 10.9. The number of nitrogens with one attached hydrogen (secondary N) is 4. The highest BCUT2D eigenvalue weighted by Gasteiger charge is 2.28. The number of hydrogen-bond acceptors (Lipinski definition) is 13. The molecule has 24 heteroatoms. The number of aromatic carboxylic acids is 1. The third kappa shape index (κ3) is 20.1. The maximum Gasteiger partial charge on any atom is 0.342 e. The molecule has 9 aromatic rings. The fourth-order valence-electron chi connectivity index (χ4n) is 7.33. The highest BCUT2D eigenvalue weighted by molar-refractivity contribution is 7.16. The van der Waals surface area contributed by atoms with Gasteiger partial charge in [0.25, 0.3) is 6.26 Å². The Hall–Kier alpha value is -8.88. The number of esters is 2. The number of nitrogen functional groups attached to an aromatic ring is 1. The van der Waals surface area contributed by atoms with E-state index in [1.165, 1.54) is 83.5 Å². The molecule has 0 radical (unpaired) electrons. The number of thiophene rings is 3. The van der Waals surface area contributed by atoms with Crippen molar-refractivity contribution < 1.29 is 56.5 Å². The largest absolute Gasteiger partial charge is 0.478 e. The van der Waals surface area contributed by atoms with Crippen LogP contribution in [0.15, 0.2) is 162 Å². The minimum Gasteiger partial charge on any atom is -0.478 e. The number of nitrogens with two attached hydrogens (primary N) is 1. The van der Waals surface area contributed by atoms with E-state index in [1.54, 1.807) is 98.3 Å². The molecule has 9 rings (SSSR count). The Labute approximate surface area is 519 Å². The number of amides is 4. The summed E-state index contributed by atoms with van der Waals surface area (Å²) in [6.45, 7) is 10.8. The summed E-state index contributed by atoms with van der Waals surface area (Å²) in [4.78, 5) is 61.4. The van der Waals surface area contributed by atoms with Gasteiger partial charge in [-0.05, 0) is 143 Å². The van der Waals surface area contributed by atoms with E-state index in [-0.39, 0.29) is 27.6 Å². The summed E-state index contributed by atoms with van der Waals surface area (Å²) in [5.41, 5.74) is 10.0. The number of anilines is 5. The predicted octanol–water partition coefficient (Wildman–Crippen LogP) is 18.6. The molecule has 0 bridgehead atoms. The number of ether oxygens (including phenoxy) is 3. The maximum atomic E-state index is 13.4. The molecule has 4 amide bonds. The molecule has 0 saturated carbocycles. The summed E-state index contributed by atoms with van der Waals surface area (Å²) in [7, 11) is 0. The Balaban J connectivity index is 0.000000193. The second-order valence-corrected chi connectivity index (χ2v) is 23.7. The zero-order chi connectivity index (χ0) is 62.9. The van der Waals surface area contributed by atoms with Crippen molar-refractivity contribution >= 4 is 125 Å². The number of carbonyl (C=O) groups excluding carboxylic acids is 4. The van der Waals surface area contributed by atoms with E-state index in [1.807, 2.05) is 38.3 Å². The van der Waals surface area contributed by atoms with Crippen molar-refractivity contribution in [3.05, 3.63) is 211 Å². The molecule has 7 N–H and O–H groups in total. The van der Waals surface area contributed by atoms with Gasteiger partial charge in [0.05, 0.1) is 0 Å². The summed E-state index contributed by atoms with van der Waals surface area (Å²) >= 11 is 21.3. The Bertz CT molecular complexity index is 3900. The molecule has 0 unspecified atom stereocenters. The SMILES string of the molecule is CC(C)(C)OC(=O)c1c(-c2ccc(Cl)cc2)csc1N.CC(C)(C)OC(=O)c1c(-c2ccc(Cl)cc2)csc1NC(=O)Nc1cccc(F)c1.N#COc1cccc(F)c1.O=C(Nc1cccc(F)c1)Nc1scc(-c2ccc(Cl)cc2)c1C(=O)O. The lowest BCUT2D eigenvalue weighted by atomic mass is 10.0. The van der Waals surface area contributed by atoms with Crippen LogP contribution in [0.1, 0.15) is 72.6 Å². The van der Waals surface area contributed by atoms with Crippen LogP contribution in [0.5, 0.6) is 5.75 Å². The zero-order valence-electron chi connectivity index (χ0n) is 46.3. The van der Waals surface area contributed by atoms with Crippen LogP contribution < -0.4 is 31.7 Å². The Kier molecular flexibility index (Phi) is 23.3. The Morgan fingerprint density at radius 2 is 0.872 bits per heavy atom. The number of carboxylic acids is 1. The Morgan fingerprint density at radius 1 is 0.512 bits per heavy atom. The average molecular weight is 1280 g/mol. The van der Waals surface area contributed by atoms with E-state index in [9.17, 15) is 42.3 Å².